The molecule has 1 aliphatic heterocycles. The van der Waals surface area contributed by atoms with E-state index in [1.807, 2.05) is 35.2 Å². The van der Waals surface area contributed by atoms with Crippen molar-refractivity contribution >= 4 is 5.91 Å². The van der Waals surface area contributed by atoms with E-state index >= 15 is 0 Å². The van der Waals surface area contributed by atoms with Crippen molar-refractivity contribution in [3.8, 4) is 17.0 Å². The number of nitrogens with one attached hydrogen (secondary N) is 1. The fraction of sp³-hybridized carbons (Fsp3) is 0.375. The van der Waals surface area contributed by atoms with Crippen LogP contribution in [0.5, 0.6) is 5.75 Å². The minimum Gasteiger partial charge on any atom is -0.497 e. The molecule has 1 saturated heterocycles. The molecule has 5 heteroatoms. The Bertz CT molecular complexity index is 613. The smallest absolute Gasteiger partial charge is 0.271 e. The molecule has 2 heterocycles. The van der Waals surface area contributed by atoms with Crippen molar-refractivity contribution in [3.63, 3.8) is 0 Å². The van der Waals surface area contributed by atoms with Crippen LogP contribution in [0.3, 0.4) is 0 Å². The first-order valence-electron chi connectivity index (χ1n) is 7.27. The molecule has 2 aromatic rings. The largest absolute Gasteiger partial charge is 0.497 e. The van der Waals surface area contributed by atoms with E-state index in [-0.39, 0.29) is 5.91 Å². The predicted molar refractivity (Wildman–Crippen MR) is 80.3 cm³/mol. The number of hydrogen-bond acceptors (Lipinski definition) is 3. The van der Waals surface area contributed by atoms with Gasteiger partial charge in [-0.1, -0.05) is 0 Å². The van der Waals surface area contributed by atoms with Crippen LogP contribution in [0.25, 0.3) is 11.3 Å². The first kappa shape index (κ1) is 13.7. The van der Waals surface area contributed by atoms with Crippen LogP contribution in [0.15, 0.2) is 30.3 Å². The van der Waals surface area contributed by atoms with Crippen LogP contribution in [-0.4, -0.2) is 41.2 Å². The van der Waals surface area contributed by atoms with E-state index in [0.29, 0.717) is 5.69 Å². The first-order chi connectivity index (χ1) is 10.3. The number of benzene rings is 1. The molecule has 1 aromatic heterocycles. The SMILES string of the molecule is COc1ccc(-c2cc(C(=O)N3CCCCC3)[nH]n2)cc1. The van der Waals surface area contributed by atoms with E-state index in [0.717, 1.165) is 42.9 Å². The number of piperidine rings is 1. The summed E-state index contributed by atoms with van der Waals surface area (Å²) in [6.07, 6.45) is 3.39. The maximum atomic E-state index is 12.4. The average molecular weight is 285 g/mol. The summed E-state index contributed by atoms with van der Waals surface area (Å²) in [4.78, 5) is 14.3. The third-order valence-electron chi connectivity index (χ3n) is 3.84. The average Bonchev–Trinajstić information content (AvgIpc) is 3.05. The van der Waals surface area contributed by atoms with Gasteiger partial charge in [0.05, 0.1) is 12.8 Å². The monoisotopic (exact) mass is 285 g/mol. The normalized spacial score (nSPS) is 15.0. The Morgan fingerprint density at radius 1 is 1.19 bits per heavy atom. The number of nitrogens with zero attached hydrogens (tertiary/aromatic N) is 2. The van der Waals surface area contributed by atoms with Gasteiger partial charge in [-0.15, -0.1) is 0 Å². The van der Waals surface area contributed by atoms with Crippen LogP contribution in [0.4, 0.5) is 0 Å². The number of aromatic amines is 1. The highest BCUT2D eigenvalue weighted by molar-refractivity contribution is 5.93. The molecule has 1 aromatic carbocycles. The maximum absolute atomic E-state index is 12.4. The molecule has 1 N–H and O–H groups in total. The second-order valence-electron chi connectivity index (χ2n) is 5.25. The van der Waals surface area contributed by atoms with Crippen LogP contribution < -0.4 is 4.74 Å². The summed E-state index contributed by atoms with van der Waals surface area (Å²) >= 11 is 0. The number of rotatable bonds is 3. The lowest BCUT2D eigenvalue weighted by atomic mass is 10.1. The first-order valence-corrected chi connectivity index (χ1v) is 7.27. The Balaban J connectivity index is 1.77. The zero-order valence-electron chi connectivity index (χ0n) is 12.1. The van der Waals surface area contributed by atoms with Gasteiger partial charge >= 0.3 is 0 Å². The number of likely N-dealkylation sites (tertiary alicyclic amines) is 1. The summed E-state index contributed by atoms with van der Waals surface area (Å²) in [5.74, 6) is 0.848. The van der Waals surface area contributed by atoms with Crippen LogP contribution >= 0.6 is 0 Å². The molecular weight excluding hydrogens is 266 g/mol. The van der Waals surface area contributed by atoms with Crippen molar-refractivity contribution in [1.29, 1.82) is 0 Å². The number of carbonyl (C=O) groups is 1. The molecule has 0 saturated carbocycles. The van der Waals surface area contributed by atoms with E-state index < -0.39 is 0 Å². The second-order valence-corrected chi connectivity index (χ2v) is 5.25. The van der Waals surface area contributed by atoms with Crippen molar-refractivity contribution < 1.29 is 9.53 Å². The highest BCUT2D eigenvalue weighted by Gasteiger charge is 2.20. The zero-order chi connectivity index (χ0) is 14.7. The number of hydrogen-bond donors (Lipinski definition) is 1. The third kappa shape index (κ3) is 2.91. The van der Waals surface area contributed by atoms with E-state index in [9.17, 15) is 4.79 Å². The minimum atomic E-state index is 0.0435. The quantitative estimate of drug-likeness (QED) is 0.943. The van der Waals surface area contributed by atoms with Gasteiger partial charge in [0.15, 0.2) is 0 Å². The molecule has 0 radical (unpaired) electrons. The van der Waals surface area contributed by atoms with Crippen LogP contribution in [0.1, 0.15) is 29.8 Å². The number of methoxy groups -OCH3 is 1. The molecule has 21 heavy (non-hydrogen) atoms. The van der Waals surface area contributed by atoms with Crippen molar-refractivity contribution in [1.82, 2.24) is 15.1 Å². The molecular formula is C16H19N3O2. The van der Waals surface area contributed by atoms with Crippen LogP contribution in [0.2, 0.25) is 0 Å². The summed E-state index contributed by atoms with van der Waals surface area (Å²) in [6.45, 7) is 1.69. The molecule has 0 bridgehead atoms. The zero-order valence-corrected chi connectivity index (χ0v) is 12.1. The Morgan fingerprint density at radius 2 is 1.90 bits per heavy atom. The minimum absolute atomic E-state index is 0.0435. The summed E-state index contributed by atoms with van der Waals surface area (Å²) in [5.41, 5.74) is 2.30. The molecule has 0 unspecified atom stereocenters. The van der Waals surface area contributed by atoms with Gasteiger partial charge in [0, 0.05) is 18.7 Å². The van der Waals surface area contributed by atoms with Crippen molar-refractivity contribution in [2.75, 3.05) is 20.2 Å². The van der Waals surface area contributed by atoms with Crippen molar-refractivity contribution in [3.05, 3.63) is 36.0 Å². The summed E-state index contributed by atoms with van der Waals surface area (Å²) < 4.78 is 5.14. The molecule has 110 valence electrons. The Morgan fingerprint density at radius 3 is 2.57 bits per heavy atom. The number of amides is 1. The van der Waals surface area contributed by atoms with Crippen LogP contribution in [-0.2, 0) is 0 Å². The number of ether oxygens (including phenoxy) is 1. The van der Waals surface area contributed by atoms with Gasteiger partial charge in [-0.3, -0.25) is 9.89 Å². The summed E-state index contributed by atoms with van der Waals surface area (Å²) in [5, 5.41) is 7.10. The van der Waals surface area contributed by atoms with Gasteiger partial charge in [-0.05, 0) is 49.6 Å². The van der Waals surface area contributed by atoms with E-state index in [2.05, 4.69) is 10.2 Å². The standard InChI is InChI=1S/C16H19N3O2/c1-21-13-7-5-12(6-8-13)14-11-15(18-17-14)16(20)19-9-3-2-4-10-19/h5-8,11H,2-4,9-10H2,1H3,(H,17,18). The van der Waals surface area contributed by atoms with Gasteiger partial charge in [0.1, 0.15) is 11.4 Å². The molecule has 3 rings (SSSR count). The van der Waals surface area contributed by atoms with E-state index in [1.54, 1.807) is 7.11 Å². The lowest BCUT2D eigenvalue weighted by Gasteiger charge is -2.25. The second kappa shape index (κ2) is 5.99. The molecule has 0 aliphatic carbocycles. The van der Waals surface area contributed by atoms with Gasteiger partial charge in [-0.25, -0.2) is 0 Å². The van der Waals surface area contributed by atoms with Gasteiger partial charge < -0.3 is 9.64 Å². The lowest BCUT2D eigenvalue weighted by molar-refractivity contribution is 0.0718. The predicted octanol–water partition coefficient (Wildman–Crippen LogP) is 2.71. The molecule has 5 nitrogen and oxygen atoms in total. The molecule has 1 amide bonds. The number of carbonyl (C=O) groups excluding carboxylic acids is 1. The maximum Gasteiger partial charge on any atom is 0.271 e. The fourth-order valence-corrected chi connectivity index (χ4v) is 2.61. The highest BCUT2D eigenvalue weighted by Crippen LogP contribution is 2.22. The Kier molecular flexibility index (Phi) is 3.90. The van der Waals surface area contributed by atoms with Crippen molar-refractivity contribution in [2.45, 2.75) is 19.3 Å². The Hall–Kier alpha value is -2.30. The van der Waals surface area contributed by atoms with Crippen LogP contribution in [0, 0.1) is 0 Å². The Labute approximate surface area is 123 Å². The topological polar surface area (TPSA) is 58.2 Å². The highest BCUT2D eigenvalue weighted by atomic mass is 16.5. The molecule has 0 atom stereocenters. The molecule has 1 fully saturated rings. The fourth-order valence-electron chi connectivity index (χ4n) is 2.61. The van der Waals surface area contributed by atoms with E-state index in [1.165, 1.54) is 6.42 Å². The van der Waals surface area contributed by atoms with Crippen molar-refractivity contribution in [2.24, 2.45) is 0 Å². The van der Waals surface area contributed by atoms with Gasteiger partial charge in [0.2, 0.25) is 0 Å². The summed E-state index contributed by atoms with van der Waals surface area (Å²) in [7, 11) is 1.64. The number of H-pyrrole nitrogens is 1. The number of aromatic nitrogens is 2. The van der Waals surface area contributed by atoms with Gasteiger partial charge in [0.25, 0.3) is 5.91 Å². The third-order valence-corrected chi connectivity index (χ3v) is 3.84. The molecule has 0 spiro atoms. The summed E-state index contributed by atoms with van der Waals surface area (Å²) in [6, 6.07) is 9.46. The molecule has 1 aliphatic rings. The van der Waals surface area contributed by atoms with Gasteiger partial charge in [-0.2, -0.15) is 5.10 Å². The lowest BCUT2D eigenvalue weighted by Crippen LogP contribution is -2.35. The van der Waals surface area contributed by atoms with E-state index in [4.69, 9.17) is 4.74 Å².